The van der Waals surface area contributed by atoms with E-state index in [1.165, 1.54) is 12.8 Å². The van der Waals surface area contributed by atoms with Crippen LogP contribution in [0.5, 0.6) is 0 Å². The highest BCUT2D eigenvalue weighted by atomic mass is 16.6. The Labute approximate surface area is 130 Å². The van der Waals surface area contributed by atoms with E-state index in [1.807, 2.05) is 6.92 Å². The monoisotopic (exact) mass is 302 g/mol. The predicted octanol–water partition coefficient (Wildman–Crippen LogP) is 3.97. The molecule has 4 nitrogen and oxygen atoms in total. The van der Waals surface area contributed by atoms with Crippen molar-refractivity contribution in [2.24, 2.45) is 5.92 Å². The second-order valence-electron chi connectivity index (χ2n) is 5.35. The zero-order chi connectivity index (χ0) is 15.8. The summed E-state index contributed by atoms with van der Waals surface area (Å²) in [6.07, 6.45) is 7.52. The molecule has 0 spiro atoms. The molecule has 0 rings (SSSR count). The van der Waals surface area contributed by atoms with Gasteiger partial charge in [0.2, 0.25) is 0 Å². The molecular formula is C17H34O4. The van der Waals surface area contributed by atoms with Crippen LogP contribution in [0.3, 0.4) is 0 Å². The van der Waals surface area contributed by atoms with Crippen LogP contribution in [-0.4, -0.2) is 39.0 Å². The summed E-state index contributed by atoms with van der Waals surface area (Å²) in [5.41, 5.74) is 0. The lowest BCUT2D eigenvalue weighted by Gasteiger charge is -2.13. The van der Waals surface area contributed by atoms with E-state index < -0.39 is 0 Å². The fourth-order valence-electron chi connectivity index (χ4n) is 2.03. The molecular weight excluding hydrogens is 268 g/mol. The molecule has 0 bridgehead atoms. The Morgan fingerprint density at radius 2 is 1.43 bits per heavy atom. The van der Waals surface area contributed by atoms with Crippen LogP contribution in [0, 0.1) is 5.92 Å². The third-order valence-corrected chi connectivity index (χ3v) is 3.47. The highest BCUT2D eigenvalue weighted by Gasteiger charge is 2.16. The number of rotatable bonds is 15. The van der Waals surface area contributed by atoms with Gasteiger partial charge in [0, 0.05) is 6.61 Å². The summed E-state index contributed by atoms with van der Waals surface area (Å²) in [7, 11) is 0. The van der Waals surface area contributed by atoms with Gasteiger partial charge in [-0.1, -0.05) is 46.5 Å². The summed E-state index contributed by atoms with van der Waals surface area (Å²) in [6, 6.07) is 0. The van der Waals surface area contributed by atoms with Gasteiger partial charge in [0.05, 0.1) is 25.7 Å². The molecule has 0 fully saturated rings. The Morgan fingerprint density at radius 3 is 2.05 bits per heavy atom. The summed E-state index contributed by atoms with van der Waals surface area (Å²) in [5, 5.41) is 0. The van der Waals surface area contributed by atoms with Crippen LogP contribution in [-0.2, 0) is 19.0 Å². The molecule has 1 unspecified atom stereocenters. The first-order valence-corrected chi connectivity index (χ1v) is 8.58. The fraction of sp³-hybridized carbons (Fsp3) is 0.941. The topological polar surface area (TPSA) is 44.8 Å². The van der Waals surface area contributed by atoms with Gasteiger partial charge in [-0.25, -0.2) is 0 Å². The second-order valence-corrected chi connectivity index (χ2v) is 5.35. The standard InChI is InChI=1S/C17H34O4/c1-4-7-9-11-19-12-13-20-14-15-21-17(18)16(6-3)10-8-5-2/h16H,4-15H2,1-3H3. The highest BCUT2D eigenvalue weighted by Crippen LogP contribution is 2.14. The first-order valence-electron chi connectivity index (χ1n) is 8.58. The zero-order valence-corrected chi connectivity index (χ0v) is 14.2. The average Bonchev–Trinajstić information content (AvgIpc) is 2.50. The second kappa shape index (κ2) is 15.8. The molecule has 1 atom stereocenters. The number of unbranched alkanes of at least 4 members (excludes halogenated alkanes) is 3. The maximum Gasteiger partial charge on any atom is 0.308 e. The van der Waals surface area contributed by atoms with E-state index in [9.17, 15) is 4.79 Å². The SMILES string of the molecule is CCCCCOCCOCCOC(=O)C(CC)CCCC. The van der Waals surface area contributed by atoms with E-state index in [0.717, 1.165) is 38.7 Å². The molecule has 0 aliphatic rings. The quantitative estimate of drug-likeness (QED) is 0.339. The van der Waals surface area contributed by atoms with Crippen molar-refractivity contribution in [1.29, 1.82) is 0 Å². The lowest BCUT2D eigenvalue weighted by Crippen LogP contribution is -2.20. The molecule has 0 aromatic carbocycles. The minimum atomic E-state index is -0.0784. The first kappa shape index (κ1) is 20.4. The number of hydrogen-bond donors (Lipinski definition) is 0. The van der Waals surface area contributed by atoms with E-state index in [-0.39, 0.29) is 11.9 Å². The molecule has 0 saturated heterocycles. The largest absolute Gasteiger partial charge is 0.463 e. The molecule has 4 heteroatoms. The van der Waals surface area contributed by atoms with Crippen molar-refractivity contribution in [1.82, 2.24) is 0 Å². The van der Waals surface area contributed by atoms with E-state index >= 15 is 0 Å². The lowest BCUT2D eigenvalue weighted by atomic mass is 10.00. The number of carbonyl (C=O) groups is 1. The summed E-state index contributed by atoms with van der Waals surface area (Å²) in [5.74, 6) is -0.0304. The molecule has 0 N–H and O–H groups in total. The minimum Gasteiger partial charge on any atom is -0.463 e. The van der Waals surface area contributed by atoms with Gasteiger partial charge in [0.25, 0.3) is 0 Å². The minimum absolute atomic E-state index is 0.0480. The summed E-state index contributed by atoms with van der Waals surface area (Å²) >= 11 is 0. The van der Waals surface area contributed by atoms with E-state index in [0.29, 0.717) is 26.4 Å². The van der Waals surface area contributed by atoms with Crippen molar-refractivity contribution >= 4 is 5.97 Å². The van der Waals surface area contributed by atoms with Gasteiger partial charge in [-0.3, -0.25) is 4.79 Å². The molecule has 0 aliphatic carbocycles. The van der Waals surface area contributed by atoms with Gasteiger partial charge in [-0.2, -0.15) is 0 Å². The zero-order valence-electron chi connectivity index (χ0n) is 14.2. The number of carbonyl (C=O) groups excluding carboxylic acids is 1. The fourth-order valence-corrected chi connectivity index (χ4v) is 2.03. The number of hydrogen-bond acceptors (Lipinski definition) is 4. The van der Waals surface area contributed by atoms with Crippen LogP contribution in [0.25, 0.3) is 0 Å². The highest BCUT2D eigenvalue weighted by molar-refractivity contribution is 5.72. The third-order valence-electron chi connectivity index (χ3n) is 3.47. The molecule has 0 aliphatic heterocycles. The lowest BCUT2D eigenvalue weighted by molar-refractivity contribution is -0.150. The maximum absolute atomic E-state index is 11.8. The Morgan fingerprint density at radius 1 is 0.810 bits per heavy atom. The average molecular weight is 302 g/mol. The van der Waals surface area contributed by atoms with Gasteiger partial charge < -0.3 is 14.2 Å². The molecule has 0 heterocycles. The number of ether oxygens (including phenoxy) is 3. The summed E-state index contributed by atoms with van der Waals surface area (Å²) in [4.78, 5) is 11.8. The van der Waals surface area contributed by atoms with Crippen molar-refractivity contribution in [2.75, 3.05) is 33.0 Å². The third kappa shape index (κ3) is 12.8. The molecule has 0 aromatic heterocycles. The summed E-state index contributed by atoms with van der Waals surface area (Å²) < 4.78 is 16.1. The van der Waals surface area contributed by atoms with E-state index in [4.69, 9.17) is 14.2 Å². The van der Waals surface area contributed by atoms with Crippen molar-refractivity contribution in [3.63, 3.8) is 0 Å². The van der Waals surface area contributed by atoms with Gasteiger partial charge in [0.15, 0.2) is 0 Å². The smallest absolute Gasteiger partial charge is 0.308 e. The molecule has 0 radical (unpaired) electrons. The van der Waals surface area contributed by atoms with Gasteiger partial charge in [0.1, 0.15) is 6.61 Å². The van der Waals surface area contributed by atoms with Crippen molar-refractivity contribution in [3.8, 4) is 0 Å². The Bertz CT molecular complexity index is 231. The van der Waals surface area contributed by atoms with E-state index in [2.05, 4.69) is 13.8 Å². The first-order chi connectivity index (χ1) is 10.3. The molecule has 0 aromatic rings. The van der Waals surface area contributed by atoms with Gasteiger partial charge in [-0.15, -0.1) is 0 Å². The van der Waals surface area contributed by atoms with Crippen molar-refractivity contribution in [2.45, 2.75) is 65.7 Å². The Kier molecular flexibility index (Phi) is 15.3. The van der Waals surface area contributed by atoms with Crippen LogP contribution in [0.1, 0.15) is 65.7 Å². The van der Waals surface area contributed by atoms with Crippen molar-refractivity contribution < 1.29 is 19.0 Å². The van der Waals surface area contributed by atoms with Crippen LogP contribution >= 0.6 is 0 Å². The van der Waals surface area contributed by atoms with E-state index in [1.54, 1.807) is 0 Å². The Hall–Kier alpha value is -0.610. The Balaban J connectivity index is 3.38. The summed E-state index contributed by atoms with van der Waals surface area (Å²) in [6.45, 7) is 9.13. The molecule has 126 valence electrons. The van der Waals surface area contributed by atoms with Crippen LogP contribution < -0.4 is 0 Å². The maximum atomic E-state index is 11.8. The van der Waals surface area contributed by atoms with Crippen LogP contribution in [0.2, 0.25) is 0 Å². The van der Waals surface area contributed by atoms with Crippen LogP contribution in [0.15, 0.2) is 0 Å². The predicted molar refractivity (Wildman–Crippen MR) is 85.4 cm³/mol. The van der Waals surface area contributed by atoms with Crippen LogP contribution in [0.4, 0.5) is 0 Å². The van der Waals surface area contributed by atoms with Gasteiger partial charge >= 0.3 is 5.97 Å². The molecule has 21 heavy (non-hydrogen) atoms. The molecule has 0 amide bonds. The van der Waals surface area contributed by atoms with Gasteiger partial charge in [-0.05, 0) is 19.3 Å². The normalized spacial score (nSPS) is 12.3. The molecule has 0 saturated carbocycles. The van der Waals surface area contributed by atoms with Crippen molar-refractivity contribution in [3.05, 3.63) is 0 Å². The number of esters is 1.